The Morgan fingerprint density at radius 1 is 1.50 bits per heavy atom. The van der Waals surface area contributed by atoms with Crippen LogP contribution in [0.5, 0.6) is 0 Å². The SMILES string of the molecule is Cn1nccc1CCNC(=O)Cn1cc(N)cn1. The number of nitrogen functional groups attached to an aromatic ring is 1. The van der Waals surface area contributed by atoms with E-state index in [-0.39, 0.29) is 12.5 Å². The molecule has 2 aromatic heterocycles. The number of anilines is 1. The summed E-state index contributed by atoms with van der Waals surface area (Å²) in [5.74, 6) is -0.0831. The summed E-state index contributed by atoms with van der Waals surface area (Å²) < 4.78 is 3.30. The number of aryl methyl sites for hydroxylation is 1. The molecule has 3 N–H and O–H groups in total. The fourth-order valence-electron chi connectivity index (χ4n) is 1.65. The van der Waals surface area contributed by atoms with Crippen LogP contribution >= 0.6 is 0 Å². The van der Waals surface area contributed by atoms with Gasteiger partial charge in [-0.25, -0.2) is 0 Å². The van der Waals surface area contributed by atoms with Crippen LogP contribution in [0.25, 0.3) is 0 Å². The Labute approximate surface area is 105 Å². The molecule has 0 fully saturated rings. The van der Waals surface area contributed by atoms with Crippen LogP contribution in [0.2, 0.25) is 0 Å². The molecule has 7 nitrogen and oxygen atoms in total. The van der Waals surface area contributed by atoms with Crippen molar-refractivity contribution in [2.75, 3.05) is 12.3 Å². The summed E-state index contributed by atoms with van der Waals surface area (Å²) in [7, 11) is 1.88. The van der Waals surface area contributed by atoms with E-state index in [1.54, 1.807) is 17.1 Å². The topological polar surface area (TPSA) is 90.8 Å². The van der Waals surface area contributed by atoms with Gasteiger partial charge in [-0.15, -0.1) is 0 Å². The minimum Gasteiger partial charge on any atom is -0.396 e. The molecule has 0 saturated heterocycles. The first-order chi connectivity index (χ1) is 8.65. The molecule has 2 heterocycles. The van der Waals surface area contributed by atoms with Gasteiger partial charge >= 0.3 is 0 Å². The van der Waals surface area contributed by atoms with Crippen molar-refractivity contribution in [1.82, 2.24) is 24.9 Å². The number of nitrogens with one attached hydrogen (secondary N) is 1. The molecule has 0 spiro atoms. The molecule has 7 heteroatoms. The van der Waals surface area contributed by atoms with Crippen LogP contribution in [-0.4, -0.2) is 32.0 Å². The van der Waals surface area contributed by atoms with Gasteiger partial charge in [-0.1, -0.05) is 0 Å². The van der Waals surface area contributed by atoms with Crippen molar-refractivity contribution < 1.29 is 4.79 Å². The highest BCUT2D eigenvalue weighted by Gasteiger charge is 2.04. The lowest BCUT2D eigenvalue weighted by Gasteiger charge is -2.05. The molecule has 0 unspecified atom stereocenters. The number of aromatic nitrogens is 4. The maximum absolute atomic E-state index is 11.6. The van der Waals surface area contributed by atoms with E-state index in [1.807, 2.05) is 13.1 Å². The van der Waals surface area contributed by atoms with Gasteiger partial charge in [-0.2, -0.15) is 10.2 Å². The number of carbonyl (C=O) groups is 1. The second-order valence-electron chi connectivity index (χ2n) is 4.02. The summed E-state index contributed by atoms with van der Waals surface area (Å²) in [5.41, 5.74) is 7.15. The summed E-state index contributed by atoms with van der Waals surface area (Å²) in [6.45, 7) is 0.762. The van der Waals surface area contributed by atoms with Crippen molar-refractivity contribution in [3.63, 3.8) is 0 Å². The predicted octanol–water partition coefficient (Wildman–Crippen LogP) is -0.442. The van der Waals surface area contributed by atoms with E-state index in [0.717, 1.165) is 12.1 Å². The zero-order valence-corrected chi connectivity index (χ0v) is 10.2. The molecular formula is C11H16N6O. The maximum atomic E-state index is 11.6. The molecule has 1 amide bonds. The van der Waals surface area contributed by atoms with Crippen molar-refractivity contribution in [3.05, 3.63) is 30.4 Å². The predicted molar refractivity (Wildman–Crippen MR) is 66.6 cm³/mol. The van der Waals surface area contributed by atoms with Crippen LogP contribution in [0.15, 0.2) is 24.7 Å². The van der Waals surface area contributed by atoms with E-state index in [9.17, 15) is 4.79 Å². The van der Waals surface area contributed by atoms with Crippen LogP contribution in [0.4, 0.5) is 5.69 Å². The van der Waals surface area contributed by atoms with E-state index in [2.05, 4.69) is 15.5 Å². The lowest BCUT2D eigenvalue weighted by Crippen LogP contribution is -2.29. The Balaban J connectivity index is 1.74. The number of nitrogens with two attached hydrogens (primary N) is 1. The molecule has 0 bridgehead atoms. The average molecular weight is 248 g/mol. The summed E-state index contributed by atoms with van der Waals surface area (Å²) in [6, 6.07) is 1.93. The quantitative estimate of drug-likeness (QED) is 0.750. The van der Waals surface area contributed by atoms with E-state index in [4.69, 9.17) is 5.73 Å². The Bertz CT molecular complexity index is 529. The first-order valence-electron chi connectivity index (χ1n) is 5.66. The highest BCUT2D eigenvalue weighted by Crippen LogP contribution is 1.98. The van der Waals surface area contributed by atoms with E-state index < -0.39 is 0 Å². The van der Waals surface area contributed by atoms with Crippen molar-refractivity contribution in [2.45, 2.75) is 13.0 Å². The second-order valence-corrected chi connectivity index (χ2v) is 4.02. The lowest BCUT2D eigenvalue weighted by atomic mass is 10.3. The molecule has 2 aromatic rings. The fraction of sp³-hybridized carbons (Fsp3) is 0.364. The van der Waals surface area contributed by atoms with Gasteiger partial charge in [-0.3, -0.25) is 14.2 Å². The summed E-state index contributed by atoms with van der Waals surface area (Å²) >= 11 is 0. The first-order valence-corrected chi connectivity index (χ1v) is 5.66. The van der Waals surface area contributed by atoms with Crippen molar-refractivity contribution in [1.29, 1.82) is 0 Å². The van der Waals surface area contributed by atoms with Crippen LogP contribution in [0.1, 0.15) is 5.69 Å². The van der Waals surface area contributed by atoms with Gasteiger partial charge in [-0.05, 0) is 6.07 Å². The Morgan fingerprint density at radius 3 is 2.94 bits per heavy atom. The van der Waals surface area contributed by atoms with Crippen molar-refractivity contribution in [2.24, 2.45) is 7.05 Å². The van der Waals surface area contributed by atoms with Gasteiger partial charge in [0.1, 0.15) is 6.54 Å². The van der Waals surface area contributed by atoms with E-state index in [1.165, 1.54) is 10.9 Å². The van der Waals surface area contributed by atoms with Crippen LogP contribution in [0, 0.1) is 0 Å². The zero-order chi connectivity index (χ0) is 13.0. The maximum Gasteiger partial charge on any atom is 0.241 e. The molecule has 96 valence electrons. The van der Waals surface area contributed by atoms with Crippen molar-refractivity contribution in [3.8, 4) is 0 Å². The second kappa shape index (κ2) is 5.35. The number of amides is 1. The molecule has 0 aromatic carbocycles. The van der Waals surface area contributed by atoms with Gasteiger partial charge in [0.15, 0.2) is 0 Å². The highest BCUT2D eigenvalue weighted by molar-refractivity contribution is 5.75. The molecule has 0 saturated carbocycles. The normalized spacial score (nSPS) is 10.5. The molecule has 0 aliphatic heterocycles. The van der Waals surface area contributed by atoms with Gasteiger partial charge in [0, 0.05) is 38.1 Å². The first kappa shape index (κ1) is 12.2. The Hall–Kier alpha value is -2.31. The monoisotopic (exact) mass is 248 g/mol. The molecule has 18 heavy (non-hydrogen) atoms. The third-order valence-electron chi connectivity index (χ3n) is 2.58. The minimum absolute atomic E-state index is 0.0831. The number of nitrogens with zero attached hydrogens (tertiary/aromatic N) is 4. The Morgan fingerprint density at radius 2 is 2.33 bits per heavy atom. The smallest absolute Gasteiger partial charge is 0.241 e. The van der Waals surface area contributed by atoms with Crippen molar-refractivity contribution >= 4 is 11.6 Å². The van der Waals surface area contributed by atoms with Crippen LogP contribution in [-0.2, 0) is 24.8 Å². The fourth-order valence-corrected chi connectivity index (χ4v) is 1.65. The van der Waals surface area contributed by atoms with E-state index in [0.29, 0.717) is 12.2 Å². The standard InChI is InChI=1S/C11H16N6O/c1-16-10(3-5-14-16)2-4-13-11(18)8-17-7-9(12)6-15-17/h3,5-7H,2,4,8,12H2,1H3,(H,13,18). The lowest BCUT2D eigenvalue weighted by molar-refractivity contribution is -0.121. The van der Waals surface area contributed by atoms with Gasteiger partial charge in [0.05, 0.1) is 11.9 Å². The highest BCUT2D eigenvalue weighted by atomic mass is 16.2. The minimum atomic E-state index is -0.0831. The number of hydrogen-bond donors (Lipinski definition) is 2. The zero-order valence-electron chi connectivity index (χ0n) is 10.2. The molecular weight excluding hydrogens is 232 g/mol. The molecule has 0 aliphatic rings. The summed E-state index contributed by atoms with van der Waals surface area (Å²) in [4.78, 5) is 11.6. The number of rotatable bonds is 5. The van der Waals surface area contributed by atoms with Gasteiger partial charge in [0.25, 0.3) is 0 Å². The molecule has 0 atom stereocenters. The molecule has 0 radical (unpaired) electrons. The summed E-state index contributed by atoms with van der Waals surface area (Å²) in [5, 5.41) is 10.8. The van der Waals surface area contributed by atoms with E-state index >= 15 is 0 Å². The third-order valence-corrected chi connectivity index (χ3v) is 2.58. The van der Waals surface area contributed by atoms with Crippen LogP contribution < -0.4 is 11.1 Å². The summed E-state index contributed by atoms with van der Waals surface area (Å²) in [6.07, 6.45) is 5.64. The van der Waals surface area contributed by atoms with Crippen LogP contribution in [0.3, 0.4) is 0 Å². The largest absolute Gasteiger partial charge is 0.396 e. The Kier molecular flexibility index (Phi) is 3.61. The number of carbonyl (C=O) groups excluding carboxylic acids is 1. The van der Waals surface area contributed by atoms with Gasteiger partial charge < -0.3 is 11.1 Å². The number of hydrogen-bond acceptors (Lipinski definition) is 4. The molecule has 2 rings (SSSR count). The van der Waals surface area contributed by atoms with Gasteiger partial charge in [0.2, 0.25) is 5.91 Å². The third kappa shape index (κ3) is 3.09. The average Bonchev–Trinajstić information content (AvgIpc) is 2.89. The molecule has 0 aliphatic carbocycles.